The smallest absolute Gasteiger partial charge is 0.335 e. The number of carbonyl (C=O) groups is 1. The van der Waals surface area contributed by atoms with Crippen LogP contribution in [0.25, 0.3) is 0 Å². The molecule has 1 aromatic heterocycles. The van der Waals surface area contributed by atoms with Crippen LogP contribution in [0.15, 0.2) is 48.5 Å². The molecule has 150 valence electrons. The Morgan fingerprint density at radius 3 is 2.37 bits per heavy atom. The molecule has 1 heterocycles. The van der Waals surface area contributed by atoms with Crippen molar-refractivity contribution in [2.75, 3.05) is 0 Å². The lowest BCUT2D eigenvalue weighted by molar-refractivity contribution is 0.0696. The minimum absolute atomic E-state index is 0.304. The molecule has 3 rings (SSSR count). The second kappa shape index (κ2) is 10.1. The Bertz CT molecular complexity index is 1150. The Labute approximate surface area is 176 Å². The van der Waals surface area contributed by atoms with Gasteiger partial charge in [-0.1, -0.05) is 62.1 Å². The Morgan fingerprint density at radius 2 is 1.67 bits per heavy atom. The van der Waals surface area contributed by atoms with Crippen LogP contribution in [0.2, 0.25) is 0 Å². The summed E-state index contributed by atoms with van der Waals surface area (Å²) in [6, 6.07) is 15.2. The van der Waals surface area contributed by atoms with Crippen LogP contribution >= 0.6 is 0 Å². The van der Waals surface area contributed by atoms with Crippen LogP contribution < -0.4 is 0 Å². The standard InChI is InChI=1S/C25H23N3O2/c1-3-5-10-23-26-24(11-6-4-2)28(27-23)18-20-14-12-19(13-15-20)16-21-8-7-9-22(17-21)25(29)30/h7-9,12-15,17H,3-4,16,18H2,1-2H3,(H,29,30). The summed E-state index contributed by atoms with van der Waals surface area (Å²) in [5, 5.41) is 13.6. The van der Waals surface area contributed by atoms with Crippen LogP contribution in [0, 0.1) is 23.7 Å². The molecule has 30 heavy (non-hydrogen) atoms. The second-order valence-corrected chi connectivity index (χ2v) is 6.73. The lowest BCUT2D eigenvalue weighted by Gasteiger charge is -2.06. The third kappa shape index (κ3) is 5.59. The van der Waals surface area contributed by atoms with E-state index < -0.39 is 5.97 Å². The third-order valence-electron chi connectivity index (χ3n) is 4.36. The van der Waals surface area contributed by atoms with E-state index in [4.69, 9.17) is 5.11 Å². The molecule has 1 N–H and O–H groups in total. The molecule has 0 unspecified atom stereocenters. The summed E-state index contributed by atoms with van der Waals surface area (Å²) in [4.78, 5) is 15.6. The van der Waals surface area contributed by atoms with Gasteiger partial charge in [0.05, 0.1) is 12.1 Å². The molecule has 0 spiro atoms. The number of hydrogen-bond acceptors (Lipinski definition) is 3. The molecule has 0 atom stereocenters. The highest BCUT2D eigenvalue weighted by atomic mass is 16.4. The fourth-order valence-corrected chi connectivity index (χ4v) is 2.92. The first kappa shape index (κ1) is 20.9. The van der Waals surface area contributed by atoms with Gasteiger partial charge >= 0.3 is 5.97 Å². The summed E-state index contributed by atoms with van der Waals surface area (Å²) in [6.45, 7) is 4.54. The number of carboxylic acids is 1. The largest absolute Gasteiger partial charge is 0.478 e. The van der Waals surface area contributed by atoms with Gasteiger partial charge in [0, 0.05) is 12.8 Å². The van der Waals surface area contributed by atoms with Gasteiger partial charge in [0.1, 0.15) is 0 Å². The molecule has 2 aromatic carbocycles. The predicted molar refractivity (Wildman–Crippen MR) is 116 cm³/mol. The zero-order valence-electron chi connectivity index (χ0n) is 17.1. The van der Waals surface area contributed by atoms with Crippen molar-refractivity contribution in [3.63, 3.8) is 0 Å². The molecule has 0 aliphatic rings. The molecule has 0 saturated carbocycles. The first-order chi connectivity index (χ1) is 14.6. The van der Waals surface area contributed by atoms with E-state index in [1.807, 2.05) is 32.0 Å². The maximum absolute atomic E-state index is 11.1. The van der Waals surface area contributed by atoms with Crippen molar-refractivity contribution in [1.29, 1.82) is 0 Å². The van der Waals surface area contributed by atoms with Crippen LogP contribution in [0.3, 0.4) is 0 Å². The summed E-state index contributed by atoms with van der Waals surface area (Å²) >= 11 is 0. The number of aromatic nitrogens is 3. The number of aromatic carboxylic acids is 1. The van der Waals surface area contributed by atoms with Crippen molar-refractivity contribution < 1.29 is 9.90 Å². The first-order valence-corrected chi connectivity index (χ1v) is 9.91. The number of nitrogens with zero attached hydrogens (tertiary/aromatic N) is 3. The van der Waals surface area contributed by atoms with Gasteiger partial charge in [-0.2, -0.15) is 4.98 Å². The van der Waals surface area contributed by atoms with E-state index in [2.05, 4.69) is 45.9 Å². The summed E-state index contributed by atoms with van der Waals surface area (Å²) in [6.07, 6.45) is 2.18. The average molecular weight is 397 g/mol. The SMILES string of the molecule is CCC#Cc1nc(C#CCC)n(Cc2ccc(Cc3cccc(C(=O)O)c3)cc2)n1. The van der Waals surface area contributed by atoms with Crippen LogP contribution in [0.4, 0.5) is 0 Å². The van der Waals surface area contributed by atoms with Crippen LogP contribution in [0.1, 0.15) is 65.4 Å². The normalized spacial score (nSPS) is 9.93. The van der Waals surface area contributed by atoms with Crippen molar-refractivity contribution >= 4 is 5.97 Å². The molecule has 5 heteroatoms. The molecule has 0 radical (unpaired) electrons. The van der Waals surface area contributed by atoms with Gasteiger partial charge in [-0.05, 0) is 47.1 Å². The molecule has 0 aliphatic heterocycles. The molecular weight excluding hydrogens is 374 g/mol. The van der Waals surface area contributed by atoms with E-state index in [-0.39, 0.29) is 0 Å². The van der Waals surface area contributed by atoms with Gasteiger partial charge in [-0.25, -0.2) is 9.48 Å². The van der Waals surface area contributed by atoms with E-state index in [1.165, 1.54) is 0 Å². The van der Waals surface area contributed by atoms with Crippen molar-refractivity contribution in [3.05, 3.63) is 82.4 Å². The van der Waals surface area contributed by atoms with E-state index >= 15 is 0 Å². The van der Waals surface area contributed by atoms with Crippen molar-refractivity contribution in [3.8, 4) is 23.7 Å². The highest BCUT2D eigenvalue weighted by molar-refractivity contribution is 5.87. The van der Waals surface area contributed by atoms with E-state index in [0.717, 1.165) is 29.5 Å². The Kier molecular flexibility index (Phi) is 7.03. The zero-order valence-corrected chi connectivity index (χ0v) is 17.1. The highest BCUT2D eigenvalue weighted by Crippen LogP contribution is 2.14. The van der Waals surface area contributed by atoms with Gasteiger partial charge in [-0.15, -0.1) is 5.10 Å². The number of hydrogen-bond donors (Lipinski definition) is 1. The molecule has 3 aromatic rings. The monoisotopic (exact) mass is 397 g/mol. The number of carboxylic acid groups (broad SMARTS) is 1. The fraction of sp³-hybridized carbons (Fsp3) is 0.240. The second-order valence-electron chi connectivity index (χ2n) is 6.73. The van der Waals surface area contributed by atoms with Crippen LogP contribution in [-0.2, 0) is 13.0 Å². The first-order valence-electron chi connectivity index (χ1n) is 9.91. The van der Waals surface area contributed by atoms with Crippen molar-refractivity contribution in [2.45, 2.75) is 39.7 Å². The molecule has 0 fully saturated rings. The van der Waals surface area contributed by atoms with E-state index in [9.17, 15) is 4.79 Å². The zero-order chi connectivity index (χ0) is 21.3. The molecular formula is C25H23N3O2. The maximum atomic E-state index is 11.1. The Hall–Kier alpha value is -3.83. The molecule has 0 aliphatic carbocycles. The predicted octanol–water partition coefficient (Wildman–Crippen LogP) is 4.14. The lowest BCUT2D eigenvalue weighted by Crippen LogP contribution is -2.05. The van der Waals surface area contributed by atoms with Gasteiger partial charge in [-0.3, -0.25) is 0 Å². The third-order valence-corrected chi connectivity index (χ3v) is 4.36. The topological polar surface area (TPSA) is 68.0 Å². The summed E-state index contributed by atoms with van der Waals surface area (Å²) in [7, 11) is 0. The molecule has 0 saturated heterocycles. The molecule has 5 nitrogen and oxygen atoms in total. The van der Waals surface area contributed by atoms with Gasteiger partial charge < -0.3 is 5.11 Å². The summed E-state index contributed by atoms with van der Waals surface area (Å²) < 4.78 is 1.79. The molecule has 0 amide bonds. The Balaban J connectivity index is 1.76. The van der Waals surface area contributed by atoms with E-state index in [1.54, 1.807) is 22.9 Å². The van der Waals surface area contributed by atoms with Crippen molar-refractivity contribution in [1.82, 2.24) is 14.8 Å². The highest BCUT2D eigenvalue weighted by Gasteiger charge is 2.08. The van der Waals surface area contributed by atoms with Crippen molar-refractivity contribution in [2.24, 2.45) is 0 Å². The maximum Gasteiger partial charge on any atom is 0.335 e. The number of rotatable bonds is 5. The quantitative estimate of drug-likeness (QED) is 0.657. The van der Waals surface area contributed by atoms with Crippen LogP contribution in [0.5, 0.6) is 0 Å². The van der Waals surface area contributed by atoms with Gasteiger partial charge in [0.25, 0.3) is 0 Å². The Morgan fingerprint density at radius 1 is 0.967 bits per heavy atom. The average Bonchev–Trinajstić information content (AvgIpc) is 3.13. The fourth-order valence-electron chi connectivity index (χ4n) is 2.92. The lowest BCUT2D eigenvalue weighted by atomic mass is 10.0. The van der Waals surface area contributed by atoms with E-state index in [0.29, 0.717) is 30.2 Å². The van der Waals surface area contributed by atoms with Gasteiger partial charge in [0.2, 0.25) is 11.6 Å². The summed E-state index contributed by atoms with van der Waals surface area (Å²) in [5.41, 5.74) is 3.46. The molecule has 0 bridgehead atoms. The van der Waals surface area contributed by atoms with Crippen LogP contribution in [-0.4, -0.2) is 25.8 Å². The summed E-state index contributed by atoms with van der Waals surface area (Å²) in [5.74, 6) is 12.3. The minimum Gasteiger partial charge on any atom is -0.478 e. The minimum atomic E-state index is -0.912. The van der Waals surface area contributed by atoms with Gasteiger partial charge in [0.15, 0.2) is 0 Å². The number of benzene rings is 2.